The Hall–Kier alpha value is -2.05. The first-order valence-electron chi connectivity index (χ1n) is 6.66. The first kappa shape index (κ1) is 13.9. The molecular weight excluding hydrogens is 290 g/mol. The standard InChI is InChI=1S/C14H16ClN5O/c15-11-7-9(10-8-18-14(17)19-13(10)16)1-2-12(11)20-3-5-21-6-4-20/h1-2,7-8H,3-6H2,(H4,16,17,18,19). The van der Waals surface area contributed by atoms with Gasteiger partial charge in [0, 0.05) is 24.8 Å². The quantitative estimate of drug-likeness (QED) is 0.879. The van der Waals surface area contributed by atoms with E-state index in [2.05, 4.69) is 14.9 Å². The number of ether oxygens (including phenoxy) is 1. The predicted octanol–water partition coefficient (Wildman–Crippen LogP) is 1.80. The van der Waals surface area contributed by atoms with Crippen LogP contribution in [0.1, 0.15) is 0 Å². The molecule has 1 aliphatic heterocycles. The highest BCUT2D eigenvalue weighted by Gasteiger charge is 2.15. The molecule has 1 aromatic heterocycles. The van der Waals surface area contributed by atoms with E-state index < -0.39 is 0 Å². The third-order valence-corrected chi connectivity index (χ3v) is 3.75. The summed E-state index contributed by atoms with van der Waals surface area (Å²) in [5, 5.41) is 0.672. The second-order valence-corrected chi connectivity index (χ2v) is 5.20. The Labute approximate surface area is 127 Å². The number of nitrogens with zero attached hydrogens (tertiary/aromatic N) is 3. The van der Waals surface area contributed by atoms with Crippen LogP contribution in [0.25, 0.3) is 11.1 Å². The van der Waals surface area contributed by atoms with Gasteiger partial charge < -0.3 is 21.1 Å². The first-order valence-corrected chi connectivity index (χ1v) is 7.03. The Morgan fingerprint density at radius 1 is 1.19 bits per heavy atom. The summed E-state index contributed by atoms with van der Waals surface area (Å²) in [4.78, 5) is 10.1. The minimum absolute atomic E-state index is 0.160. The Morgan fingerprint density at radius 3 is 2.62 bits per heavy atom. The average molecular weight is 306 g/mol. The van der Waals surface area contributed by atoms with Gasteiger partial charge in [0.1, 0.15) is 5.82 Å². The molecule has 0 aliphatic carbocycles. The number of nitrogen functional groups attached to an aromatic ring is 2. The van der Waals surface area contributed by atoms with Gasteiger partial charge in [-0.3, -0.25) is 0 Å². The summed E-state index contributed by atoms with van der Waals surface area (Å²) in [5.41, 5.74) is 14.0. The second kappa shape index (κ2) is 5.75. The van der Waals surface area contributed by atoms with Gasteiger partial charge in [0.25, 0.3) is 0 Å². The second-order valence-electron chi connectivity index (χ2n) is 4.79. The van der Waals surface area contributed by atoms with E-state index in [1.807, 2.05) is 18.2 Å². The van der Waals surface area contributed by atoms with E-state index in [-0.39, 0.29) is 5.95 Å². The molecule has 0 radical (unpaired) electrons. The Morgan fingerprint density at radius 2 is 1.95 bits per heavy atom. The van der Waals surface area contributed by atoms with E-state index in [9.17, 15) is 0 Å². The van der Waals surface area contributed by atoms with Crippen LogP contribution in [0.15, 0.2) is 24.4 Å². The van der Waals surface area contributed by atoms with E-state index in [0.717, 1.165) is 43.1 Å². The summed E-state index contributed by atoms with van der Waals surface area (Å²) in [7, 11) is 0. The van der Waals surface area contributed by atoms with Crippen molar-refractivity contribution in [3.63, 3.8) is 0 Å². The molecule has 6 nitrogen and oxygen atoms in total. The molecule has 0 amide bonds. The van der Waals surface area contributed by atoms with Gasteiger partial charge in [-0.2, -0.15) is 4.98 Å². The lowest BCUT2D eigenvalue weighted by atomic mass is 10.1. The number of aromatic nitrogens is 2. The maximum atomic E-state index is 6.41. The number of hydrogen-bond acceptors (Lipinski definition) is 6. The fraction of sp³-hybridized carbons (Fsp3) is 0.286. The molecule has 7 heteroatoms. The van der Waals surface area contributed by atoms with Crippen LogP contribution in [-0.4, -0.2) is 36.3 Å². The molecule has 2 heterocycles. The van der Waals surface area contributed by atoms with Crippen LogP contribution < -0.4 is 16.4 Å². The topological polar surface area (TPSA) is 90.3 Å². The fourth-order valence-electron chi connectivity index (χ4n) is 2.37. The van der Waals surface area contributed by atoms with Crippen molar-refractivity contribution in [3.05, 3.63) is 29.4 Å². The zero-order valence-electron chi connectivity index (χ0n) is 11.4. The highest BCUT2D eigenvalue weighted by atomic mass is 35.5. The van der Waals surface area contributed by atoms with Crippen LogP contribution in [-0.2, 0) is 4.74 Å². The molecule has 1 aromatic carbocycles. The molecule has 3 rings (SSSR count). The van der Waals surface area contributed by atoms with Gasteiger partial charge >= 0.3 is 0 Å². The van der Waals surface area contributed by atoms with Crippen molar-refractivity contribution in [3.8, 4) is 11.1 Å². The molecule has 4 N–H and O–H groups in total. The predicted molar refractivity (Wildman–Crippen MR) is 84.3 cm³/mol. The number of rotatable bonds is 2. The van der Waals surface area contributed by atoms with Gasteiger partial charge in [0.15, 0.2) is 0 Å². The summed E-state index contributed by atoms with van der Waals surface area (Å²) in [6.45, 7) is 3.12. The fourth-order valence-corrected chi connectivity index (χ4v) is 2.67. The first-order chi connectivity index (χ1) is 10.1. The van der Waals surface area contributed by atoms with Crippen LogP contribution in [0.3, 0.4) is 0 Å². The van der Waals surface area contributed by atoms with Gasteiger partial charge in [0.2, 0.25) is 5.95 Å². The van der Waals surface area contributed by atoms with Crippen molar-refractivity contribution in [2.24, 2.45) is 0 Å². The lowest BCUT2D eigenvalue weighted by Crippen LogP contribution is -2.36. The molecule has 1 saturated heterocycles. The third-order valence-electron chi connectivity index (χ3n) is 3.45. The van der Waals surface area contributed by atoms with Crippen molar-refractivity contribution in [2.45, 2.75) is 0 Å². The highest BCUT2D eigenvalue weighted by molar-refractivity contribution is 6.33. The lowest BCUT2D eigenvalue weighted by molar-refractivity contribution is 0.122. The van der Waals surface area contributed by atoms with Crippen molar-refractivity contribution in [1.82, 2.24) is 9.97 Å². The number of anilines is 3. The van der Waals surface area contributed by atoms with Gasteiger partial charge in [-0.1, -0.05) is 17.7 Å². The largest absolute Gasteiger partial charge is 0.383 e. The van der Waals surface area contributed by atoms with E-state index in [1.54, 1.807) is 6.20 Å². The van der Waals surface area contributed by atoms with E-state index in [1.165, 1.54) is 0 Å². The minimum Gasteiger partial charge on any atom is -0.383 e. The molecule has 1 aliphatic rings. The summed E-state index contributed by atoms with van der Waals surface area (Å²) in [5.74, 6) is 0.505. The molecule has 0 bridgehead atoms. The Bertz CT molecular complexity index is 658. The summed E-state index contributed by atoms with van der Waals surface area (Å²) >= 11 is 6.41. The van der Waals surface area contributed by atoms with Crippen molar-refractivity contribution in [2.75, 3.05) is 42.7 Å². The summed E-state index contributed by atoms with van der Waals surface area (Å²) in [6, 6.07) is 5.82. The molecule has 1 fully saturated rings. The van der Waals surface area contributed by atoms with E-state index >= 15 is 0 Å². The smallest absolute Gasteiger partial charge is 0.221 e. The number of morpholine rings is 1. The minimum atomic E-state index is 0.160. The van der Waals surface area contributed by atoms with Crippen LogP contribution in [0.2, 0.25) is 5.02 Å². The molecule has 0 atom stereocenters. The Kier molecular flexibility index (Phi) is 3.81. The van der Waals surface area contributed by atoms with Gasteiger partial charge in [0.05, 0.1) is 23.9 Å². The lowest BCUT2D eigenvalue weighted by Gasteiger charge is -2.29. The maximum absolute atomic E-state index is 6.41. The van der Waals surface area contributed by atoms with Crippen LogP contribution in [0, 0.1) is 0 Å². The summed E-state index contributed by atoms with van der Waals surface area (Å²) < 4.78 is 5.35. The monoisotopic (exact) mass is 305 g/mol. The number of nitrogens with two attached hydrogens (primary N) is 2. The number of halogens is 1. The molecule has 21 heavy (non-hydrogen) atoms. The molecule has 110 valence electrons. The van der Waals surface area contributed by atoms with E-state index in [0.29, 0.717) is 10.8 Å². The average Bonchev–Trinajstić information content (AvgIpc) is 2.48. The van der Waals surface area contributed by atoms with Crippen LogP contribution in [0.5, 0.6) is 0 Å². The highest BCUT2D eigenvalue weighted by Crippen LogP contribution is 2.33. The van der Waals surface area contributed by atoms with Crippen molar-refractivity contribution >= 4 is 29.1 Å². The van der Waals surface area contributed by atoms with Crippen molar-refractivity contribution < 1.29 is 4.74 Å². The number of hydrogen-bond donors (Lipinski definition) is 2. The van der Waals surface area contributed by atoms with Gasteiger partial charge in [-0.05, 0) is 17.7 Å². The zero-order valence-corrected chi connectivity index (χ0v) is 12.2. The maximum Gasteiger partial charge on any atom is 0.221 e. The number of benzene rings is 1. The van der Waals surface area contributed by atoms with E-state index in [4.69, 9.17) is 27.8 Å². The Balaban J connectivity index is 1.93. The van der Waals surface area contributed by atoms with Gasteiger partial charge in [-0.15, -0.1) is 0 Å². The SMILES string of the molecule is Nc1ncc(-c2ccc(N3CCOCC3)c(Cl)c2)c(N)n1. The molecule has 0 unspecified atom stereocenters. The molecular formula is C14H16ClN5O. The van der Waals surface area contributed by atoms with Gasteiger partial charge in [-0.25, -0.2) is 4.98 Å². The molecule has 0 spiro atoms. The molecule has 2 aromatic rings. The zero-order chi connectivity index (χ0) is 14.8. The summed E-state index contributed by atoms with van der Waals surface area (Å²) in [6.07, 6.45) is 1.61. The van der Waals surface area contributed by atoms with Crippen LogP contribution >= 0.6 is 11.6 Å². The third kappa shape index (κ3) is 2.86. The normalized spacial score (nSPS) is 15.2. The van der Waals surface area contributed by atoms with Crippen molar-refractivity contribution in [1.29, 1.82) is 0 Å². The molecule has 0 saturated carbocycles. The van der Waals surface area contributed by atoms with Crippen LogP contribution in [0.4, 0.5) is 17.5 Å².